The summed E-state index contributed by atoms with van der Waals surface area (Å²) in [6, 6.07) is 14.5. The molecule has 3 N–H and O–H groups in total. The van der Waals surface area contributed by atoms with Crippen LogP contribution < -0.4 is 11.3 Å². The molecular weight excluding hydrogens is 337 g/mol. The van der Waals surface area contributed by atoms with Gasteiger partial charge in [-0.05, 0) is 65.8 Å². The number of aryl methyl sites for hydroxylation is 1. The summed E-state index contributed by atoms with van der Waals surface area (Å²) in [6.45, 7) is 1.99. The summed E-state index contributed by atoms with van der Waals surface area (Å²) in [5.41, 5.74) is 6.09. The highest BCUT2D eigenvalue weighted by Gasteiger charge is 2.11. The lowest BCUT2D eigenvalue weighted by Crippen LogP contribution is -2.30. The van der Waals surface area contributed by atoms with Crippen LogP contribution in [0, 0.1) is 10.5 Å². The molecule has 0 aliphatic carbocycles. The van der Waals surface area contributed by atoms with Crippen molar-refractivity contribution < 1.29 is 0 Å². The molecule has 1 heterocycles. The Morgan fingerprint density at radius 2 is 1.94 bits per heavy atom. The van der Waals surface area contributed by atoms with Crippen molar-refractivity contribution >= 4 is 22.6 Å². The molecule has 2 aromatic rings. The zero-order valence-corrected chi connectivity index (χ0v) is 12.4. The summed E-state index contributed by atoms with van der Waals surface area (Å²) < 4.78 is 1.24. The Balaban J connectivity index is 2.17. The Morgan fingerprint density at radius 1 is 1.22 bits per heavy atom. The van der Waals surface area contributed by atoms with Gasteiger partial charge in [0.15, 0.2) is 0 Å². The largest absolute Gasteiger partial charge is 0.271 e. The third-order valence-electron chi connectivity index (χ3n) is 2.82. The Bertz CT molecular complexity index is 511. The van der Waals surface area contributed by atoms with Crippen molar-refractivity contribution in [3.05, 3.63) is 63.0 Å². The summed E-state index contributed by atoms with van der Waals surface area (Å²) in [7, 11) is 0. The predicted molar refractivity (Wildman–Crippen MR) is 81.9 cm³/mol. The Kier molecular flexibility index (Phi) is 4.68. The van der Waals surface area contributed by atoms with Gasteiger partial charge in [0.25, 0.3) is 0 Å². The number of nitrogens with zero attached hydrogens (tertiary/aromatic N) is 1. The first kappa shape index (κ1) is 13.5. The van der Waals surface area contributed by atoms with Crippen LogP contribution >= 0.6 is 22.6 Å². The van der Waals surface area contributed by atoms with Gasteiger partial charge in [-0.2, -0.15) is 0 Å². The lowest BCUT2D eigenvalue weighted by atomic mass is 10.0. The van der Waals surface area contributed by atoms with Crippen LogP contribution in [0.3, 0.4) is 0 Å². The average molecular weight is 353 g/mol. The Hall–Kier alpha value is -0.980. The molecule has 0 saturated carbocycles. The highest BCUT2D eigenvalue weighted by Crippen LogP contribution is 2.17. The first-order valence-electron chi connectivity index (χ1n) is 5.83. The van der Waals surface area contributed by atoms with Gasteiger partial charge in [-0.25, -0.2) is 0 Å². The monoisotopic (exact) mass is 353 g/mol. The van der Waals surface area contributed by atoms with E-state index in [2.05, 4.69) is 57.3 Å². The van der Waals surface area contributed by atoms with Crippen molar-refractivity contribution in [3.63, 3.8) is 0 Å². The van der Waals surface area contributed by atoms with Gasteiger partial charge in [0, 0.05) is 9.26 Å². The lowest BCUT2D eigenvalue weighted by molar-refractivity contribution is 0.537. The second-order valence-corrected chi connectivity index (χ2v) is 5.50. The highest BCUT2D eigenvalue weighted by atomic mass is 127. The van der Waals surface area contributed by atoms with Crippen LogP contribution in [0.2, 0.25) is 0 Å². The minimum Gasteiger partial charge on any atom is -0.271 e. The third kappa shape index (κ3) is 3.51. The van der Waals surface area contributed by atoms with E-state index in [1.165, 1.54) is 9.13 Å². The fraction of sp³-hybridized carbons (Fsp3) is 0.214. The number of aromatic nitrogens is 1. The van der Waals surface area contributed by atoms with E-state index in [1.54, 1.807) is 0 Å². The van der Waals surface area contributed by atoms with Gasteiger partial charge in [-0.15, -0.1) is 0 Å². The molecule has 0 amide bonds. The number of halogens is 1. The molecular formula is C14H16IN3. The van der Waals surface area contributed by atoms with Crippen LogP contribution in [0.1, 0.15) is 23.0 Å². The van der Waals surface area contributed by atoms with E-state index in [0.717, 1.165) is 17.8 Å². The lowest BCUT2D eigenvalue weighted by Gasteiger charge is -2.16. The number of rotatable bonds is 4. The SMILES string of the molecule is Cc1cccc(C(Cc2ccc(I)cc2)NN)n1. The first-order chi connectivity index (χ1) is 8.69. The zero-order chi connectivity index (χ0) is 13.0. The number of hydrazine groups is 1. The Labute approximate surface area is 121 Å². The highest BCUT2D eigenvalue weighted by molar-refractivity contribution is 14.1. The van der Waals surface area contributed by atoms with E-state index in [9.17, 15) is 0 Å². The minimum absolute atomic E-state index is 0.0463. The molecule has 0 radical (unpaired) electrons. The molecule has 2 rings (SSSR count). The maximum atomic E-state index is 5.64. The molecule has 0 saturated heterocycles. The normalized spacial score (nSPS) is 12.4. The molecule has 1 unspecified atom stereocenters. The van der Waals surface area contributed by atoms with Crippen LogP contribution in [0.4, 0.5) is 0 Å². The summed E-state index contributed by atoms with van der Waals surface area (Å²) in [5, 5.41) is 0. The van der Waals surface area contributed by atoms with Crippen molar-refractivity contribution in [2.24, 2.45) is 5.84 Å². The number of nitrogens with two attached hydrogens (primary N) is 1. The van der Waals surface area contributed by atoms with E-state index in [4.69, 9.17) is 5.84 Å². The van der Waals surface area contributed by atoms with Crippen molar-refractivity contribution in [3.8, 4) is 0 Å². The average Bonchev–Trinajstić information content (AvgIpc) is 2.38. The van der Waals surface area contributed by atoms with Crippen LogP contribution in [-0.2, 0) is 6.42 Å². The van der Waals surface area contributed by atoms with E-state index in [1.807, 2.05) is 25.1 Å². The molecule has 3 nitrogen and oxygen atoms in total. The summed E-state index contributed by atoms with van der Waals surface area (Å²) in [5.74, 6) is 5.64. The van der Waals surface area contributed by atoms with Crippen LogP contribution in [0.15, 0.2) is 42.5 Å². The van der Waals surface area contributed by atoms with Crippen LogP contribution in [0.5, 0.6) is 0 Å². The zero-order valence-electron chi connectivity index (χ0n) is 10.2. The van der Waals surface area contributed by atoms with Gasteiger partial charge >= 0.3 is 0 Å². The molecule has 1 aromatic carbocycles. The molecule has 1 aromatic heterocycles. The molecule has 4 heteroatoms. The fourth-order valence-corrected chi connectivity index (χ4v) is 2.22. The number of nitrogens with one attached hydrogen (secondary N) is 1. The van der Waals surface area contributed by atoms with E-state index in [0.29, 0.717) is 0 Å². The predicted octanol–water partition coefficient (Wildman–Crippen LogP) is 2.74. The van der Waals surface area contributed by atoms with Gasteiger partial charge in [0.1, 0.15) is 0 Å². The first-order valence-corrected chi connectivity index (χ1v) is 6.91. The third-order valence-corrected chi connectivity index (χ3v) is 3.54. The van der Waals surface area contributed by atoms with Gasteiger partial charge in [-0.3, -0.25) is 16.3 Å². The number of hydrogen-bond acceptors (Lipinski definition) is 3. The Morgan fingerprint density at radius 3 is 2.56 bits per heavy atom. The van der Waals surface area contributed by atoms with E-state index in [-0.39, 0.29) is 6.04 Å². The van der Waals surface area contributed by atoms with E-state index >= 15 is 0 Å². The smallest absolute Gasteiger partial charge is 0.0672 e. The van der Waals surface area contributed by atoms with Crippen molar-refractivity contribution in [1.82, 2.24) is 10.4 Å². The van der Waals surface area contributed by atoms with E-state index < -0.39 is 0 Å². The summed E-state index contributed by atoms with van der Waals surface area (Å²) in [4.78, 5) is 4.51. The van der Waals surface area contributed by atoms with Gasteiger partial charge in [0.2, 0.25) is 0 Å². The standard InChI is InChI=1S/C14H16IN3/c1-10-3-2-4-13(17-10)14(18-16)9-11-5-7-12(15)8-6-11/h2-8,14,18H,9,16H2,1H3. The quantitative estimate of drug-likeness (QED) is 0.505. The van der Waals surface area contributed by atoms with Crippen LogP contribution in [0.25, 0.3) is 0 Å². The second kappa shape index (κ2) is 6.26. The molecule has 1 atom stereocenters. The van der Waals surface area contributed by atoms with Crippen LogP contribution in [-0.4, -0.2) is 4.98 Å². The number of hydrogen-bond donors (Lipinski definition) is 2. The number of benzene rings is 1. The van der Waals surface area contributed by atoms with Crippen molar-refractivity contribution in [2.45, 2.75) is 19.4 Å². The summed E-state index contributed by atoms with van der Waals surface area (Å²) >= 11 is 2.30. The van der Waals surface area contributed by atoms with Gasteiger partial charge in [-0.1, -0.05) is 18.2 Å². The summed E-state index contributed by atoms with van der Waals surface area (Å²) in [6.07, 6.45) is 0.837. The molecule has 0 aliphatic heterocycles. The second-order valence-electron chi connectivity index (χ2n) is 4.25. The minimum atomic E-state index is 0.0463. The molecule has 0 fully saturated rings. The van der Waals surface area contributed by atoms with Gasteiger partial charge in [0.05, 0.1) is 11.7 Å². The van der Waals surface area contributed by atoms with Crippen molar-refractivity contribution in [1.29, 1.82) is 0 Å². The van der Waals surface area contributed by atoms with Crippen molar-refractivity contribution in [2.75, 3.05) is 0 Å². The molecule has 94 valence electrons. The molecule has 18 heavy (non-hydrogen) atoms. The maximum Gasteiger partial charge on any atom is 0.0672 e. The topological polar surface area (TPSA) is 50.9 Å². The van der Waals surface area contributed by atoms with Gasteiger partial charge < -0.3 is 0 Å². The number of pyridine rings is 1. The maximum absolute atomic E-state index is 5.64. The molecule has 0 bridgehead atoms. The molecule has 0 aliphatic rings. The molecule has 0 spiro atoms. The fourth-order valence-electron chi connectivity index (χ4n) is 1.86.